The molecular weight excluding hydrogens is 576 g/mol. The summed E-state index contributed by atoms with van der Waals surface area (Å²) < 4.78 is 33.4. The van der Waals surface area contributed by atoms with Gasteiger partial charge in [-0.3, -0.25) is 14.5 Å². The van der Waals surface area contributed by atoms with Gasteiger partial charge in [-0.05, 0) is 61.0 Å². The van der Waals surface area contributed by atoms with E-state index in [1.807, 2.05) is 75.4 Å². The highest BCUT2D eigenvalue weighted by atomic mass is 32.2. The number of hydrogen-bond acceptors (Lipinski definition) is 7. The molecule has 1 unspecified atom stereocenters. The Bertz CT molecular complexity index is 1860. The number of nitrogens with zero attached hydrogens (tertiary/aromatic N) is 3. The first-order valence-electron chi connectivity index (χ1n) is 14.3. The van der Waals surface area contributed by atoms with Crippen LogP contribution in [0.4, 0.5) is 16.3 Å². The van der Waals surface area contributed by atoms with Gasteiger partial charge in [-0.2, -0.15) is 5.10 Å². The molecule has 0 aliphatic heterocycles. The van der Waals surface area contributed by atoms with Gasteiger partial charge in [-0.1, -0.05) is 45.0 Å². The molecule has 3 aromatic carbocycles. The third-order valence-electron chi connectivity index (χ3n) is 6.92. The van der Waals surface area contributed by atoms with Crippen LogP contribution in [0.15, 0.2) is 96.2 Å². The van der Waals surface area contributed by atoms with Gasteiger partial charge in [0.05, 0.1) is 35.2 Å². The molecule has 0 saturated heterocycles. The first-order valence-corrected chi connectivity index (χ1v) is 15.8. The quantitative estimate of drug-likeness (QED) is 0.151. The molecular formula is C33H36N6O4S. The molecule has 3 N–H and O–H groups in total. The third kappa shape index (κ3) is 7.07. The Morgan fingerprint density at radius 1 is 0.955 bits per heavy atom. The lowest BCUT2D eigenvalue weighted by molar-refractivity contribution is 0.262. The highest BCUT2D eigenvalue weighted by Gasteiger charge is 2.22. The highest BCUT2D eigenvalue weighted by molar-refractivity contribution is 7.87. The molecule has 11 heteroatoms. The van der Waals surface area contributed by atoms with Crippen molar-refractivity contribution in [1.82, 2.24) is 14.8 Å². The summed E-state index contributed by atoms with van der Waals surface area (Å²) >= 11 is 0. The van der Waals surface area contributed by atoms with Crippen LogP contribution >= 0.6 is 0 Å². The zero-order valence-electron chi connectivity index (χ0n) is 25.2. The maximum atomic E-state index is 13.4. The summed E-state index contributed by atoms with van der Waals surface area (Å²) in [6, 6.07) is 23.3. The molecule has 0 fully saturated rings. The van der Waals surface area contributed by atoms with Gasteiger partial charge in [0.2, 0.25) is 0 Å². The summed E-state index contributed by atoms with van der Waals surface area (Å²) in [5, 5.41) is 12.4. The Kier molecular flexibility index (Phi) is 8.98. The number of hydrogen-bond donors (Lipinski definition) is 3. The van der Waals surface area contributed by atoms with E-state index in [0.717, 1.165) is 34.2 Å². The smallest absolute Gasteiger partial charge is 0.324 e. The van der Waals surface area contributed by atoms with E-state index in [4.69, 9.17) is 18.8 Å². The molecule has 0 aliphatic rings. The lowest BCUT2D eigenvalue weighted by Gasteiger charge is -2.15. The molecule has 1 atom stereocenters. The second-order valence-corrected chi connectivity index (χ2v) is 12.9. The fourth-order valence-electron chi connectivity index (χ4n) is 4.64. The molecule has 0 spiro atoms. The average molecular weight is 613 g/mol. The van der Waals surface area contributed by atoms with E-state index < -0.39 is 16.0 Å². The number of anilines is 2. The topological polar surface area (TPSA) is 131 Å². The van der Waals surface area contributed by atoms with Crippen molar-refractivity contribution in [3.05, 3.63) is 103 Å². The summed E-state index contributed by atoms with van der Waals surface area (Å²) in [6.07, 6.45) is 4.29. The van der Waals surface area contributed by atoms with Crippen molar-refractivity contribution in [1.29, 1.82) is 4.78 Å². The Morgan fingerprint density at radius 3 is 2.34 bits per heavy atom. The predicted octanol–water partition coefficient (Wildman–Crippen LogP) is 7.34. The van der Waals surface area contributed by atoms with Crippen LogP contribution < -0.4 is 15.4 Å². The molecule has 2 amide bonds. The van der Waals surface area contributed by atoms with Crippen LogP contribution in [0.25, 0.3) is 16.5 Å². The number of rotatable bonds is 10. The van der Waals surface area contributed by atoms with Crippen LogP contribution in [0.1, 0.15) is 39.0 Å². The second-order valence-electron chi connectivity index (χ2n) is 11.2. The van der Waals surface area contributed by atoms with E-state index in [0.29, 0.717) is 23.8 Å². The van der Waals surface area contributed by atoms with Crippen molar-refractivity contribution in [3.8, 4) is 11.4 Å². The first kappa shape index (κ1) is 30.7. The fraction of sp³-hybridized carbons (Fsp3) is 0.242. The Morgan fingerprint density at radius 2 is 1.66 bits per heavy atom. The molecule has 10 nitrogen and oxygen atoms in total. The minimum atomic E-state index is -3.35. The predicted molar refractivity (Wildman–Crippen MR) is 173 cm³/mol. The van der Waals surface area contributed by atoms with Gasteiger partial charge in [-0.15, -0.1) is 0 Å². The number of amides is 2. The molecule has 0 radical (unpaired) electrons. The minimum absolute atomic E-state index is 0.165. The number of ether oxygens (including phenoxy) is 1. The molecule has 5 aromatic rings. The Balaban J connectivity index is 1.36. The summed E-state index contributed by atoms with van der Waals surface area (Å²) in [6.45, 7) is 8.48. The lowest BCUT2D eigenvalue weighted by Crippen LogP contribution is -2.21. The number of fused-ring (bicyclic) bond motifs is 1. The van der Waals surface area contributed by atoms with Crippen molar-refractivity contribution in [3.63, 3.8) is 0 Å². The number of urea groups is 1. The van der Waals surface area contributed by atoms with Gasteiger partial charge >= 0.3 is 6.03 Å². The maximum Gasteiger partial charge on any atom is 0.324 e. The zero-order valence-corrected chi connectivity index (χ0v) is 26.0. The van der Waals surface area contributed by atoms with Crippen LogP contribution in [-0.4, -0.2) is 38.2 Å². The lowest BCUT2D eigenvalue weighted by atomic mass is 9.92. The van der Waals surface area contributed by atoms with Crippen LogP contribution in [0.3, 0.4) is 0 Å². The summed E-state index contributed by atoms with van der Waals surface area (Å²) in [7, 11) is -3.35. The van der Waals surface area contributed by atoms with Gasteiger partial charge in [0.25, 0.3) is 0 Å². The van der Waals surface area contributed by atoms with E-state index in [2.05, 4.69) is 15.6 Å². The molecule has 0 saturated carbocycles. The van der Waals surface area contributed by atoms with E-state index in [1.54, 1.807) is 48.3 Å². The molecule has 2 aromatic heterocycles. The monoisotopic (exact) mass is 612 g/mol. The molecule has 0 aliphatic carbocycles. The summed E-state index contributed by atoms with van der Waals surface area (Å²) in [5.74, 6) is 1.19. The van der Waals surface area contributed by atoms with Crippen LogP contribution in [0.2, 0.25) is 0 Å². The SMILES string of the molecule is CCOS(=N)(=O)c1ccc(-n2nc(C(C)(C)C)cc2NC(=O)Nc2ccc(OCCc3ccncc3)c3ccccc23)cc1. The largest absolute Gasteiger partial charge is 0.493 e. The molecule has 0 bridgehead atoms. The van der Waals surface area contributed by atoms with E-state index in [1.165, 1.54) is 0 Å². The standard InChI is InChI=1S/C33H36N6O4S/c1-5-43-44(34,41)25-12-10-24(11-13-25)39-31(22-30(38-39)33(2,3)4)37-32(40)36-28-14-15-29(27-9-7-6-8-26(27)28)42-21-18-23-16-19-35-20-17-23/h6-17,19-20,22,34H,5,18,21H2,1-4H3,(H2,36,37,40). The molecule has 2 heterocycles. The van der Waals surface area contributed by atoms with Crippen molar-refractivity contribution in [2.45, 2.75) is 44.4 Å². The number of aromatic nitrogens is 3. The molecule has 5 rings (SSSR count). The number of nitrogens with one attached hydrogen (secondary N) is 3. The minimum Gasteiger partial charge on any atom is -0.493 e. The number of carbonyl (C=O) groups is 1. The van der Waals surface area contributed by atoms with Crippen molar-refractivity contribution in [2.75, 3.05) is 23.8 Å². The van der Waals surface area contributed by atoms with Crippen molar-refractivity contribution >= 4 is 38.3 Å². The van der Waals surface area contributed by atoms with Gasteiger partial charge in [0.15, 0.2) is 10.0 Å². The second kappa shape index (κ2) is 12.9. The number of benzene rings is 3. The average Bonchev–Trinajstić information content (AvgIpc) is 3.43. The van der Waals surface area contributed by atoms with Crippen LogP contribution in [0, 0.1) is 4.78 Å². The summed E-state index contributed by atoms with van der Waals surface area (Å²) in [4.78, 5) is 17.7. The highest BCUT2D eigenvalue weighted by Crippen LogP contribution is 2.32. The van der Waals surface area contributed by atoms with Crippen LogP contribution in [-0.2, 0) is 26.0 Å². The molecule has 228 valence electrons. The number of pyridine rings is 1. The Hall–Kier alpha value is -4.74. The van der Waals surface area contributed by atoms with E-state index >= 15 is 0 Å². The zero-order chi connectivity index (χ0) is 31.3. The van der Waals surface area contributed by atoms with Gasteiger partial charge in [-0.25, -0.2) is 18.5 Å². The fourth-order valence-corrected chi connectivity index (χ4v) is 5.60. The summed E-state index contributed by atoms with van der Waals surface area (Å²) in [5.41, 5.74) is 2.89. The van der Waals surface area contributed by atoms with E-state index in [9.17, 15) is 9.00 Å². The first-order chi connectivity index (χ1) is 21.0. The normalized spacial score (nSPS) is 12.9. The third-order valence-corrected chi connectivity index (χ3v) is 8.39. The van der Waals surface area contributed by atoms with Gasteiger partial charge in [0, 0.05) is 41.1 Å². The Labute approximate surface area is 257 Å². The molecule has 44 heavy (non-hydrogen) atoms. The van der Waals surface area contributed by atoms with Gasteiger partial charge < -0.3 is 10.1 Å². The van der Waals surface area contributed by atoms with E-state index in [-0.39, 0.29) is 16.9 Å². The van der Waals surface area contributed by atoms with Gasteiger partial charge in [0.1, 0.15) is 11.6 Å². The van der Waals surface area contributed by atoms with Crippen molar-refractivity contribution < 1.29 is 17.9 Å². The van der Waals surface area contributed by atoms with Crippen molar-refractivity contribution in [2.24, 2.45) is 0 Å². The number of carbonyl (C=O) groups excluding carboxylic acids is 1. The van der Waals surface area contributed by atoms with Crippen LogP contribution in [0.5, 0.6) is 5.75 Å². The maximum absolute atomic E-state index is 13.4.